The summed E-state index contributed by atoms with van der Waals surface area (Å²) in [6.45, 7) is 4.21. The van der Waals surface area contributed by atoms with Crippen LogP contribution in [0, 0.1) is 5.92 Å². The molecule has 1 unspecified atom stereocenters. The van der Waals surface area contributed by atoms with Crippen LogP contribution >= 0.6 is 0 Å². The standard InChI is InChI=1S/C26H30N2O5/c1-16-13-26(2,14-16)28-24(31)22(11-12-23(29)30)27-25(32)33-15-21-19-9-5-3-7-17(19)18-8-4-6-10-20(18)21/h3-10,16,21-22H,11-15H2,1-2H3,(H,27,32)(H,28,31)(H,29,30). The van der Waals surface area contributed by atoms with Gasteiger partial charge in [-0.15, -0.1) is 0 Å². The molecule has 0 heterocycles. The number of benzene rings is 2. The molecule has 0 radical (unpaired) electrons. The van der Waals surface area contributed by atoms with E-state index in [0.717, 1.165) is 35.1 Å². The van der Waals surface area contributed by atoms with Crippen molar-refractivity contribution in [2.75, 3.05) is 6.61 Å². The average molecular weight is 451 g/mol. The molecule has 7 heteroatoms. The number of rotatable bonds is 8. The maximum Gasteiger partial charge on any atom is 0.407 e. The number of carbonyl (C=O) groups is 3. The molecular formula is C26H30N2O5. The molecule has 2 aliphatic rings. The van der Waals surface area contributed by atoms with Crippen LogP contribution in [0.4, 0.5) is 4.79 Å². The van der Waals surface area contributed by atoms with E-state index >= 15 is 0 Å². The molecule has 2 aliphatic carbocycles. The van der Waals surface area contributed by atoms with Crippen molar-refractivity contribution in [2.24, 2.45) is 5.92 Å². The number of alkyl carbamates (subject to hydrolysis) is 1. The molecule has 1 fully saturated rings. The van der Waals surface area contributed by atoms with Crippen molar-refractivity contribution in [3.63, 3.8) is 0 Å². The third kappa shape index (κ3) is 5.02. The molecule has 2 amide bonds. The highest BCUT2D eigenvalue weighted by atomic mass is 16.5. The lowest BCUT2D eigenvalue weighted by molar-refractivity contribution is -0.137. The van der Waals surface area contributed by atoms with Gasteiger partial charge in [0.1, 0.15) is 12.6 Å². The third-order valence-corrected chi connectivity index (χ3v) is 6.62. The van der Waals surface area contributed by atoms with Crippen molar-refractivity contribution in [1.82, 2.24) is 10.6 Å². The number of hydrogen-bond acceptors (Lipinski definition) is 4. The summed E-state index contributed by atoms with van der Waals surface area (Å²) in [6.07, 6.45) is 0.755. The Morgan fingerprint density at radius 3 is 2.18 bits per heavy atom. The smallest absolute Gasteiger partial charge is 0.407 e. The van der Waals surface area contributed by atoms with E-state index in [9.17, 15) is 14.4 Å². The molecule has 2 aromatic carbocycles. The van der Waals surface area contributed by atoms with Gasteiger partial charge >= 0.3 is 12.1 Å². The normalized spacial score (nSPS) is 21.8. The summed E-state index contributed by atoms with van der Waals surface area (Å²) in [6, 6.07) is 15.1. The Morgan fingerprint density at radius 1 is 1.06 bits per heavy atom. The summed E-state index contributed by atoms with van der Waals surface area (Å²) in [5.74, 6) is -0.961. The molecule has 174 valence electrons. The molecule has 7 nitrogen and oxygen atoms in total. The second kappa shape index (κ2) is 9.25. The zero-order chi connectivity index (χ0) is 23.6. The molecule has 0 bridgehead atoms. The SMILES string of the molecule is CC1CC(C)(NC(=O)C(CCC(=O)O)NC(=O)OCC2c3ccccc3-c3ccccc32)C1. The van der Waals surface area contributed by atoms with Crippen LogP contribution in [0.15, 0.2) is 48.5 Å². The molecule has 0 saturated heterocycles. The molecular weight excluding hydrogens is 420 g/mol. The maximum atomic E-state index is 12.8. The van der Waals surface area contributed by atoms with Crippen molar-refractivity contribution in [3.05, 3.63) is 59.7 Å². The van der Waals surface area contributed by atoms with Crippen LogP contribution in [0.3, 0.4) is 0 Å². The highest BCUT2D eigenvalue weighted by Crippen LogP contribution is 2.44. The zero-order valence-corrected chi connectivity index (χ0v) is 19.0. The van der Waals surface area contributed by atoms with E-state index in [1.807, 2.05) is 43.3 Å². The lowest BCUT2D eigenvalue weighted by Gasteiger charge is -2.45. The lowest BCUT2D eigenvalue weighted by atomic mass is 9.70. The first-order chi connectivity index (χ1) is 15.8. The van der Waals surface area contributed by atoms with Crippen LogP contribution in [0.1, 0.15) is 56.6 Å². The summed E-state index contributed by atoms with van der Waals surface area (Å²) in [4.78, 5) is 36.5. The first-order valence-electron chi connectivity index (χ1n) is 11.4. The number of carbonyl (C=O) groups excluding carboxylic acids is 2. The fourth-order valence-electron chi connectivity index (χ4n) is 5.28. The number of fused-ring (bicyclic) bond motifs is 3. The number of ether oxygens (including phenoxy) is 1. The van der Waals surface area contributed by atoms with Gasteiger partial charge in [0.05, 0.1) is 0 Å². The Morgan fingerprint density at radius 2 is 1.64 bits per heavy atom. The summed E-state index contributed by atoms with van der Waals surface area (Å²) in [5, 5.41) is 14.6. The van der Waals surface area contributed by atoms with Crippen LogP contribution in [0.5, 0.6) is 0 Å². The van der Waals surface area contributed by atoms with Gasteiger partial charge in [-0.3, -0.25) is 9.59 Å². The zero-order valence-electron chi connectivity index (χ0n) is 19.0. The fourth-order valence-corrected chi connectivity index (χ4v) is 5.28. The van der Waals surface area contributed by atoms with Gasteiger partial charge in [0, 0.05) is 17.9 Å². The highest BCUT2D eigenvalue weighted by Gasteiger charge is 2.40. The van der Waals surface area contributed by atoms with E-state index in [4.69, 9.17) is 9.84 Å². The van der Waals surface area contributed by atoms with Gasteiger partial charge in [-0.2, -0.15) is 0 Å². The molecule has 3 N–H and O–H groups in total. The predicted molar refractivity (Wildman–Crippen MR) is 124 cm³/mol. The Labute approximate surface area is 193 Å². The number of carboxylic acid groups (broad SMARTS) is 1. The van der Waals surface area contributed by atoms with E-state index in [1.54, 1.807) is 0 Å². The van der Waals surface area contributed by atoms with Crippen LogP contribution in [-0.4, -0.2) is 41.3 Å². The minimum atomic E-state index is -1.02. The lowest BCUT2D eigenvalue weighted by Crippen LogP contribution is -2.59. The topological polar surface area (TPSA) is 105 Å². The van der Waals surface area contributed by atoms with E-state index in [1.165, 1.54) is 0 Å². The largest absolute Gasteiger partial charge is 0.481 e. The molecule has 0 aliphatic heterocycles. The average Bonchev–Trinajstić information content (AvgIpc) is 3.07. The number of amides is 2. The third-order valence-electron chi connectivity index (χ3n) is 6.62. The first kappa shape index (κ1) is 22.8. The van der Waals surface area contributed by atoms with Gasteiger partial charge < -0.3 is 20.5 Å². The Kier molecular flexibility index (Phi) is 6.40. The molecule has 33 heavy (non-hydrogen) atoms. The minimum Gasteiger partial charge on any atom is -0.481 e. The summed E-state index contributed by atoms with van der Waals surface area (Å²) in [7, 11) is 0. The van der Waals surface area contributed by atoms with Gasteiger partial charge in [-0.25, -0.2) is 4.79 Å². The molecule has 0 spiro atoms. The Bertz CT molecular complexity index is 1010. The molecule has 1 atom stereocenters. The Balaban J connectivity index is 1.40. The van der Waals surface area contributed by atoms with Gasteiger partial charge in [-0.05, 0) is 54.4 Å². The van der Waals surface area contributed by atoms with Crippen molar-refractivity contribution in [2.45, 2.75) is 57.0 Å². The Hall–Kier alpha value is -3.35. The van der Waals surface area contributed by atoms with Crippen LogP contribution in [0.25, 0.3) is 11.1 Å². The molecule has 1 saturated carbocycles. The van der Waals surface area contributed by atoms with Crippen LogP contribution in [-0.2, 0) is 14.3 Å². The first-order valence-corrected chi connectivity index (χ1v) is 11.4. The second-order valence-corrected chi connectivity index (χ2v) is 9.52. The molecule has 4 rings (SSSR count). The number of nitrogens with one attached hydrogen (secondary N) is 2. The summed E-state index contributed by atoms with van der Waals surface area (Å²) >= 11 is 0. The van der Waals surface area contributed by atoms with Gasteiger partial charge in [0.15, 0.2) is 0 Å². The number of carboxylic acids is 1. The monoisotopic (exact) mass is 450 g/mol. The van der Waals surface area contributed by atoms with Crippen molar-refractivity contribution >= 4 is 18.0 Å². The summed E-state index contributed by atoms with van der Waals surface area (Å²) in [5.41, 5.74) is 4.13. The second-order valence-electron chi connectivity index (χ2n) is 9.52. The van der Waals surface area contributed by atoms with Crippen molar-refractivity contribution in [3.8, 4) is 11.1 Å². The van der Waals surface area contributed by atoms with Gasteiger partial charge in [0.25, 0.3) is 0 Å². The van der Waals surface area contributed by atoms with Crippen molar-refractivity contribution < 1.29 is 24.2 Å². The van der Waals surface area contributed by atoms with Gasteiger partial charge in [-0.1, -0.05) is 55.5 Å². The summed E-state index contributed by atoms with van der Waals surface area (Å²) < 4.78 is 5.54. The predicted octanol–water partition coefficient (Wildman–Crippen LogP) is 4.06. The number of hydrogen-bond donors (Lipinski definition) is 3. The van der Waals surface area contributed by atoms with E-state index in [-0.39, 0.29) is 36.8 Å². The van der Waals surface area contributed by atoms with Crippen molar-refractivity contribution in [1.29, 1.82) is 0 Å². The van der Waals surface area contributed by atoms with Crippen LogP contribution in [0.2, 0.25) is 0 Å². The minimum absolute atomic E-state index is 0.00298. The van der Waals surface area contributed by atoms with E-state index in [0.29, 0.717) is 5.92 Å². The highest BCUT2D eigenvalue weighted by molar-refractivity contribution is 5.87. The van der Waals surface area contributed by atoms with Gasteiger partial charge in [0.2, 0.25) is 5.91 Å². The molecule has 2 aromatic rings. The number of aliphatic carboxylic acids is 1. The van der Waals surface area contributed by atoms with Crippen LogP contribution < -0.4 is 10.6 Å². The van der Waals surface area contributed by atoms with E-state index in [2.05, 4.69) is 29.7 Å². The molecule has 0 aromatic heterocycles. The quantitative estimate of drug-likeness (QED) is 0.563. The maximum absolute atomic E-state index is 12.8. The fraction of sp³-hybridized carbons (Fsp3) is 0.423. The van der Waals surface area contributed by atoms with E-state index < -0.39 is 18.1 Å².